The highest BCUT2D eigenvalue weighted by Gasteiger charge is 2.03. The molecule has 0 amide bonds. The van der Waals surface area contributed by atoms with E-state index >= 15 is 0 Å². The van der Waals surface area contributed by atoms with Crippen molar-refractivity contribution >= 4 is 11.9 Å². The molecule has 0 saturated heterocycles. The Kier molecular flexibility index (Phi) is 9.01. The van der Waals surface area contributed by atoms with E-state index in [1.807, 2.05) is 0 Å². The second kappa shape index (κ2) is 9.61. The minimum absolute atomic E-state index is 0.0937. The van der Waals surface area contributed by atoms with Crippen LogP contribution in [0.1, 0.15) is 32.6 Å². The summed E-state index contributed by atoms with van der Waals surface area (Å²) < 4.78 is 4.34. The maximum atomic E-state index is 10.9. The van der Waals surface area contributed by atoms with Gasteiger partial charge in [-0.3, -0.25) is 9.59 Å². The molecule has 15 heavy (non-hydrogen) atoms. The summed E-state index contributed by atoms with van der Waals surface area (Å²) >= 11 is 0. The van der Waals surface area contributed by atoms with Crippen molar-refractivity contribution in [3.63, 3.8) is 0 Å². The Bertz CT molecular complexity index is 195. The van der Waals surface area contributed by atoms with E-state index in [1.165, 1.54) is 6.92 Å². The number of nitrogens with two attached hydrogens (primary N) is 1. The van der Waals surface area contributed by atoms with Gasteiger partial charge in [0.15, 0.2) is 0 Å². The van der Waals surface area contributed by atoms with Crippen LogP contribution in [0.4, 0.5) is 0 Å². The largest absolute Gasteiger partial charge is 0.392 e. The zero-order valence-corrected chi connectivity index (χ0v) is 9.25. The first kappa shape index (κ1) is 14.1. The molecule has 0 spiro atoms. The number of ether oxygens (including phenoxy) is 1. The molecule has 0 bridgehead atoms. The SMILES string of the molecule is CC(=O)OC(=O)CNCCCCCCN. The van der Waals surface area contributed by atoms with E-state index < -0.39 is 11.9 Å². The smallest absolute Gasteiger partial charge is 0.327 e. The number of carbonyl (C=O) groups excluding carboxylic acids is 2. The molecular weight excluding hydrogens is 196 g/mol. The van der Waals surface area contributed by atoms with Crippen molar-refractivity contribution in [2.24, 2.45) is 5.73 Å². The monoisotopic (exact) mass is 216 g/mol. The van der Waals surface area contributed by atoms with Crippen LogP contribution in [-0.4, -0.2) is 31.6 Å². The third-order valence-corrected chi connectivity index (χ3v) is 1.83. The zero-order chi connectivity index (χ0) is 11.5. The molecule has 0 rings (SSSR count). The average Bonchev–Trinajstić information content (AvgIpc) is 2.15. The van der Waals surface area contributed by atoms with Gasteiger partial charge < -0.3 is 15.8 Å². The molecule has 5 heteroatoms. The molecule has 3 N–H and O–H groups in total. The van der Waals surface area contributed by atoms with Gasteiger partial charge in [0.25, 0.3) is 0 Å². The van der Waals surface area contributed by atoms with Crippen LogP contribution in [0.2, 0.25) is 0 Å². The fourth-order valence-electron chi connectivity index (χ4n) is 1.13. The minimum Gasteiger partial charge on any atom is -0.392 e. The fraction of sp³-hybridized carbons (Fsp3) is 0.800. The molecule has 0 saturated carbocycles. The lowest BCUT2D eigenvalue weighted by molar-refractivity contribution is -0.157. The molecule has 5 nitrogen and oxygen atoms in total. The second-order valence-electron chi connectivity index (χ2n) is 3.35. The molecule has 0 aromatic heterocycles. The highest BCUT2D eigenvalue weighted by atomic mass is 16.6. The van der Waals surface area contributed by atoms with Crippen LogP contribution in [0.25, 0.3) is 0 Å². The number of esters is 2. The van der Waals surface area contributed by atoms with E-state index in [0.29, 0.717) is 0 Å². The first-order chi connectivity index (χ1) is 7.16. The summed E-state index contributed by atoms with van der Waals surface area (Å²) in [6.07, 6.45) is 4.28. The number of nitrogens with one attached hydrogen (secondary N) is 1. The molecule has 0 atom stereocenters. The maximum Gasteiger partial charge on any atom is 0.327 e. The third-order valence-electron chi connectivity index (χ3n) is 1.83. The Morgan fingerprint density at radius 2 is 1.87 bits per heavy atom. The van der Waals surface area contributed by atoms with Crippen LogP contribution in [0, 0.1) is 0 Å². The topological polar surface area (TPSA) is 81.4 Å². The van der Waals surface area contributed by atoms with Crippen LogP contribution < -0.4 is 11.1 Å². The minimum atomic E-state index is -0.565. The first-order valence-electron chi connectivity index (χ1n) is 5.29. The summed E-state index contributed by atoms with van der Waals surface area (Å²) in [7, 11) is 0. The number of unbranched alkanes of at least 4 members (excludes halogenated alkanes) is 3. The highest BCUT2D eigenvalue weighted by Crippen LogP contribution is 1.96. The van der Waals surface area contributed by atoms with Gasteiger partial charge in [0.1, 0.15) is 0 Å². The Hall–Kier alpha value is -0.940. The highest BCUT2D eigenvalue weighted by molar-refractivity contribution is 5.85. The van der Waals surface area contributed by atoms with Crippen molar-refractivity contribution < 1.29 is 14.3 Å². The zero-order valence-electron chi connectivity index (χ0n) is 9.25. The molecule has 0 unspecified atom stereocenters. The van der Waals surface area contributed by atoms with Gasteiger partial charge in [-0.2, -0.15) is 0 Å². The van der Waals surface area contributed by atoms with Gasteiger partial charge in [0, 0.05) is 6.92 Å². The summed E-state index contributed by atoms with van der Waals surface area (Å²) in [6, 6.07) is 0. The average molecular weight is 216 g/mol. The summed E-state index contributed by atoms with van der Waals surface area (Å²) in [5.74, 6) is -1.09. The lowest BCUT2D eigenvalue weighted by atomic mass is 10.2. The van der Waals surface area contributed by atoms with Gasteiger partial charge in [0.2, 0.25) is 0 Å². The Labute approximate surface area is 90.4 Å². The Balaban J connectivity index is 3.16. The predicted octanol–water partition coefficient (Wildman–Crippen LogP) is 0.185. The van der Waals surface area contributed by atoms with Crippen LogP contribution in [0.15, 0.2) is 0 Å². The summed E-state index contributed by atoms with van der Waals surface area (Å²) in [6.45, 7) is 2.80. The molecule has 0 aromatic carbocycles. The van der Waals surface area contributed by atoms with E-state index in [2.05, 4.69) is 10.1 Å². The van der Waals surface area contributed by atoms with Gasteiger partial charge in [-0.1, -0.05) is 12.8 Å². The van der Waals surface area contributed by atoms with Gasteiger partial charge >= 0.3 is 11.9 Å². The molecule has 88 valence electrons. The van der Waals surface area contributed by atoms with E-state index in [4.69, 9.17) is 5.73 Å². The van der Waals surface area contributed by atoms with Gasteiger partial charge in [-0.05, 0) is 25.9 Å². The normalized spacial score (nSPS) is 10.0. The van der Waals surface area contributed by atoms with E-state index in [1.54, 1.807) is 0 Å². The van der Waals surface area contributed by atoms with Gasteiger partial charge in [0.05, 0.1) is 6.54 Å². The van der Waals surface area contributed by atoms with Gasteiger partial charge in [-0.25, -0.2) is 0 Å². The van der Waals surface area contributed by atoms with E-state index in [9.17, 15) is 9.59 Å². The van der Waals surface area contributed by atoms with Crippen LogP contribution in [0.3, 0.4) is 0 Å². The van der Waals surface area contributed by atoms with E-state index in [-0.39, 0.29) is 6.54 Å². The molecule has 0 aliphatic carbocycles. The number of hydrogen-bond donors (Lipinski definition) is 2. The molecule has 0 heterocycles. The van der Waals surface area contributed by atoms with Crippen molar-refractivity contribution in [1.29, 1.82) is 0 Å². The standard InChI is InChI=1S/C10H20N2O3/c1-9(13)15-10(14)8-12-7-5-3-2-4-6-11/h12H,2-8,11H2,1H3. The van der Waals surface area contributed by atoms with Crippen LogP contribution >= 0.6 is 0 Å². The Morgan fingerprint density at radius 3 is 2.47 bits per heavy atom. The summed E-state index contributed by atoms with van der Waals surface area (Å²) in [4.78, 5) is 21.2. The molecule has 0 fully saturated rings. The van der Waals surface area contributed by atoms with Crippen LogP contribution in [0.5, 0.6) is 0 Å². The third kappa shape index (κ3) is 11.0. The van der Waals surface area contributed by atoms with Crippen molar-refractivity contribution in [3.8, 4) is 0 Å². The van der Waals surface area contributed by atoms with Crippen molar-refractivity contribution in [1.82, 2.24) is 5.32 Å². The number of rotatable bonds is 8. The predicted molar refractivity (Wildman–Crippen MR) is 57.2 cm³/mol. The first-order valence-corrected chi connectivity index (χ1v) is 5.29. The molecular formula is C10H20N2O3. The lowest BCUT2D eigenvalue weighted by Crippen LogP contribution is -2.26. The number of hydrogen-bond acceptors (Lipinski definition) is 5. The van der Waals surface area contributed by atoms with Crippen molar-refractivity contribution in [2.75, 3.05) is 19.6 Å². The van der Waals surface area contributed by atoms with Gasteiger partial charge in [-0.15, -0.1) is 0 Å². The number of carbonyl (C=O) groups is 2. The second-order valence-corrected chi connectivity index (χ2v) is 3.35. The fourth-order valence-corrected chi connectivity index (χ4v) is 1.13. The van der Waals surface area contributed by atoms with E-state index in [0.717, 1.165) is 38.8 Å². The molecule has 0 aliphatic heterocycles. The molecule has 0 radical (unpaired) electrons. The molecule has 0 aromatic rings. The van der Waals surface area contributed by atoms with Crippen molar-refractivity contribution in [3.05, 3.63) is 0 Å². The summed E-state index contributed by atoms with van der Waals surface area (Å²) in [5, 5.41) is 2.91. The molecule has 0 aliphatic rings. The quantitative estimate of drug-likeness (QED) is 0.344. The lowest BCUT2D eigenvalue weighted by Gasteiger charge is -2.03. The van der Waals surface area contributed by atoms with Crippen molar-refractivity contribution in [2.45, 2.75) is 32.6 Å². The summed E-state index contributed by atoms with van der Waals surface area (Å²) in [5.41, 5.74) is 5.35. The Morgan fingerprint density at radius 1 is 1.20 bits per heavy atom. The maximum absolute atomic E-state index is 10.9. The van der Waals surface area contributed by atoms with Crippen LogP contribution in [-0.2, 0) is 14.3 Å².